The average molecular weight is 283 g/mol. The van der Waals surface area contributed by atoms with Crippen molar-refractivity contribution in [3.63, 3.8) is 0 Å². The van der Waals surface area contributed by atoms with Crippen LogP contribution in [0, 0.1) is 11.8 Å². The van der Waals surface area contributed by atoms with Crippen LogP contribution in [0.3, 0.4) is 0 Å². The van der Waals surface area contributed by atoms with Crippen molar-refractivity contribution in [1.29, 1.82) is 0 Å². The lowest BCUT2D eigenvalue weighted by atomic mass is 9.65. The molecular formula is C16H13NO2S. The highest BCUT2D eigenvalue weighted by Gasteiger charge is 2.59. The van der Waals surface area contributed by atoms with Gasteiger partial charge in [-0.1, -0.05) is 24.3 Å². The SMILES string of the molecule is O=C1[C@@H]2[C@@H](C[C@H]2c2cccs2)C(=O)N1c1ccccc1. The molecule has 1 aliphatic heterocycles. The fraction of sp³-hybridized carbons (Fsp3) is 0.250. The molecule has 1 aromatic heterocycles. The van der Waals surface area contributed by atoms with E-state index < -0.39 is 0 Å². The number of hydrogen-bond acceptors (Lipinski definition) is 3. The number of imide groups is 1. The van der Waals surface area contributed by atoms with Crippen molar-refractivity contribution in [1.82, 2.24) is 0 Å². The van der Waals surface area contributed by atoms with Crippen molar-refractivity contribution >= 4 is 28.8 Å². The molecule has 4 heteroatoms. The molecule has 0 bridgehead atoms. The Morgan fingerprint density at radius 2 is 1.75 bits per heavy atom. The lowest BCUT2D eigenvalue weighted by Gasteiger charge is -2.35. The third kappa shape index (κ3) is 1.51. The largest absolute Gasteiger partial charge is 0.274 e. The highest BCUT2D eigenvalue weighted by atomic mass is 32.1. The molecule has 0 unspecified atom stereocenters. The summed E-state index contributed by atoms with van der Waals surface area (Å²) >= 11 is 1.67. The second-order valence-electron chi connectivity index (χ2n) is 5.34. The van der Waals surface area contributed by atoms with E-state index in [4.69, 9.17) is 0 Å². The van der Waals surface area contributed by atoms with E-state index in [1.165, 1.54) is 9.78 Å². The molecule has 2 aliphatic rings. The molecule has 4 rings (SSSR count). The Labute approximate surface area is 120 Å². The van der Waals surface area contributed by atoms with E-state index >= 15 is 0 Å². The van der Waals surface area contributed by atoms with E-state index in [9.17, 15) is 9.59 Å². The second kappa shape index (κ2) is 4.28. The van der Waals surface area contributed by atoms with Crippen LogP contribution in [0.15, 0.2) is 47.8 Å². The summed E-state index contributed by atoms with van der Waals surface area (Å²) in [6.45, 7) is 0. The fourth-order valence-electron chi connectivity index (χ4n) is 3.30. The molecule has 0 radical (unpaired) electrons. The Hall–Kier alpha value is -1.94. The van der Waals surface area contributed by atoms with Gasteiger partial charge in [-0.05, 0) is 30.0 Å². The number of carbonyl (C=O) groups excluding carboxylic acids is 2. The number of thiophene rings is 1. The number of hydrogen-bond donors (Lipinski definition) is 0. The van der Waals surface area contributed by atoms with Crippen LogP contribution in [0.4, 0.5) is 5.69 Å². The zero-order valence-corrected chi connectivity index (χ0v) is 11.5. The minimum absolute atomic E-state index is 0.0287. The van der Waals surface area contributed by atoms with Gasteiger partial charge >= 0.3 is 0 Å². The second-order valence-corrected chi connectivity index (χ2v) is 6.32. The van der Waals surface area contributed by atoms with Gasteiger partial charge in [-0.3, -0.25) is 14.5 Å². The van der Waals surface area contributed by atoms with Crippen molar-refractivity contribution < 1.29 is 9.59 Å². The van der Waals surface area contributed by atoms with Crippen LogP contribution in [-0.2, 0) is 9.59 Å². The third-order valence-corrected chi connectivity index (χ3v) is 5.35. The molecule has 3 atom stereocenters. The molecule has 1 saturated carbocycles. The Bertz CT molecular complexity index is 665. The highest BCUT2D eigenvalue weighted by molar-refractivity contribution is 7.10. The first kappa shape index (κ1) is 11.9. The first-order valence-electron chi connectivity index (χ1n) is 6.73. The van der Waals surface area contributed by atoms with Gasteiger partial charge in [-0.2, -0.15) is 0 Å². The maximum atomic E-state index is 12.6. The van der Waals surface area contributed by atoms with Crippen molar-refractivity contribution in [2.24, 2.45) is 11.8 Å². The molecule has 1 saturated heterocycles. The maximum Gasteiger partial charge on any atom is 0.238 e. The highest BCUT2D eigenvalue weighted by Crippen LogP contribution is 2.54. The average Bonchev–Trinajstić information content (AvgIpc) is 2.98. The number of anilines is 1. The summed E-state index contributed by atoms with van der Waals surface area (Å²) in [6.07, 6.45) is 0.805. The van der Waals surface area contributed by atoms with Crippen molar-refractivity contribution in [3.8, 4) is 0 Å². The van der Waals surface area contributed by atoms with Gasteiger partial charge < -0.3 is 0 Å². The fourth-order valence-corrected chi connectivity index (χ4v) is 4.19. The van der Waals surface area contributed by atoms with E-state index in [1.807, 2.05) is 41.8 Å². The normalized spacial score (nSPS) is 28.4. The van der Waals surface area contributed by atoms with Crippen molar-refractivity contribution in [2.75, 3.05) is 4.90 Å². The van der Waals surface area contributed by atoms with Crippen LogP contribution in [-0.4, -0.2) is 11.8 Å². The number of fused-ring (bicyclic) bond motifs is 1. The lowest BCUT2D eigenvalue weighted by molar-refractivity contribution is -0.125. The molecule has 0 spiro atoms. The van der Waals surface area contributed by atoms with Gasteiger partial charge in [0.05, 0.1) is 17.5 Å². The monoisotopic (exact) mass is 283 g/mol. The minimum Gasteiger partial charge on any atom is -0.274 e. The molecule has 20 heavy (non-hydrogen) atoms. The first-order valence-corrected chi connectivity index (χ1v) is 7.61. The Morgan fingerprint density at radius 1 is 0.950 bits per heavy atom. The lowest BCUT2D eigenvalue weighted by Crippen LogP contribution is -2.36. The molecule has 2 aromatic rings. The van der Waals surface area contributed by atoms with Crippen LogP contribution >= 0.6 is 11.3 Å². The van der Waals surface area contributed by atoms with Gasteiger partial charge in [-0.15, -0.1) is 11.3 Å². The van der Waals surface area contributed by atoms with E-state index in [2.05, 4.69) is 6.07 Å². The first-order chi connectivity index (χ1) is 9.77. The molecule has 2 heterocycles. The summed E-state index contributed by atoms with van der Waals surface area (Å²) in [5.41, 5.74) is 0.696. The van der Waals surface area contributed by atoms with Crippen LogP contribution in [0.25, 0.3) is 0 Å². The van der Waals surface area contributed by atoms with Gasteiger partial charge in [0.1, 0.15) is 0 Å². The van der Waals surface area contributed by atoms with E-state index in [0.29, 0.717) is 5.69 Å². The third-order valence-electron chi connectivity index (χ3n) is 4.34. The van der Waals surface area contributed by atoms with E-state index in [-0.39, 0.29) is 29.6 Å². The number of amides is 2. The predicted molar refractivity (Wildman–Crippen MR) is 77.6 cm³/mol. The Morgan fingerprint density at radius 3 is 2.45 bits per heavy atom. The number of rotatable bonds is 2. The molecule has 2 amide bonds. The Balaban J connectivity index is 1.67. The number of nitrogens with zero attached hydrogens (tertiary/aromatic N) is 1. The summed E-state index contributed by atoms with van der Waals surface area (Å²) < 4.78 is 0. The van der Waals surface area contributed by atoms with Gasteiger partial charge in [0.15, 0.2) is 0 Å². The molecule has 100 valence electrons. The molecule has 1 aromatic carbocycles. The number of benzene rings is 1. The molecule has 2 fully saturated rings. The van der Waals surface area contributed by atoms with Gasteiger partial charge in [0.25, 0.3) is 0 Å². The minimum atomic E-state index is -0.152. The summed E-state index contributed by atoms with van der Waals surface area (Å²) in [7, 11) is 0. The Kier molecular flexibility index (Phi) is 2.54. The van der Waals surface area contributed by atoms with Crippen LogP contribution in [0.5, 0.6) is 0 Å². The smallest absolute Gasteiger partial charge is 0.238 e. The molecule has 1 aliphatic carbocycles. The van der Waals surface area contributed by atoms with Crippen LogP contribution in [0.2, 0.25) is 0 Å². The summed E-state index contributed by atoms with van der Waals surface area (Å²) in [5.74, 6) is -0.101. The zero-order chi connectivity index (χ0) is 13.7. The van der Waals surface area contributed by atoms with Gasteiger partial charge in [0.2, 0.25) is 11.8 Å². The predicted octanol–water partition coefficient (Wildman–Crippen LogP) is 3.04. The molecule has 3 nitrogen and oxygen atoms in total. The molecular weight excluding hydrogens is 270 g/mol. The van der Waals surface area contributed by atoms with Crippen molar-refractivity contribution in [3.05, 3.63) is 52.7 Å². The summed E-state index contributed by atoms with van der Waals surface area (Å²) in [4.78, 5) is 27.6. The van der Waals surface area contributed by atoms with E-state index in [0.717, 1.165) is 6.42 Å². The van der Waals surface area contributed by atoms with Crippen molar-refractivity contribution in [2.45, 2.75) is 12.3 Å². The van der Waals surface area contributed by atoms with E-state index in [1.54, 1.807) is 11.3 Å². The topological polar surface area (TPSA) is 37.4 Å². The van der Waals surface area contributed by atoms with Gasteiger partial charge in [-0.25, -0.2) is 0 Å². The standard InChI is InChI=1S/C16H13NO2S/c18-15-12-9-11(13-7-4-8-20-13)14(12)16(19)17(15)10-5-2-1-3-6-10/h1-8,11-12,14H,9H2/t11-,12+,14-/m0/s1. The van der Waals surface area contributed by atoms with Gasteiger partial charge in [0, 0.05) is 10.8 Å². The molecule has 0 N–H and O–H groups in total. The number of para-hydroxylation sites is 1. The van der Waals surface area contributed by atoms with Crippen LogP contribution in [0.1, 0.15) is 17.2 Å². The van der Waals surface area contributed by atoms with Crippen LogP contribution < -0.4 is 4.90 Å². The number of carbonyl (C=O) groups is 2. The quantitative estimate of drug-likeness (QED) is 0.794. The summed E-state index contributed by atoms with van der Waals surface area (Å²) in [5, 5.41) is 2.03. The zero-order valence-electron chi connectivity index (χ0n) is 10.7. The summed E-state index contributed by atoms with van der Waals surface area (Å²) in [6, 6.07) is 13.3. The maximum absolute atomic E-state index is 12.6.